The molecule has 3 heterocycles. The van der Waals surface area contributed by atoms with E-state index < -0.39 is 0 Å². The third-order valence-electron chi connectivity index (χ3n) is 5.20. The molecule has 2 aliphatic heterocycles. The van der Waals surface area contributed by atoms with Crippen LogP contribution in [0.15, 0.2) is 42.6 Å². The Morgan fingerprint density at radius 2 is 1.70 bits per heavy atom. The van der Waals surface area contributed by atoms with Crippen molar-refractivity contribution in [1.29, 1.82) is 0 Å². The molecule has 0 saturated carbocycles. The lowest BCUT2D eigenvalue weighted by Gasteiger charge is -2.21. The van der Waals surface area contributed by atoms with E-state index in [4.69, 9.17) is 9.47 Å². The summed E-state index contributed by atoms with van der Waals surface area (Å²) in [5.74, 6) is 0.640. The Hall–Kier alpha value is -2.02. The Bertz CT molecular complexity index is 762. The van der Waals surface area contributed by atoms with Gasteiger partial charge in [0.1, 0.15) is 12.2 Å². The van der Waals surface area contributed by atoms with E-state index >= 15 is 0 Å². The molecule has 2 saturated heterocycles. The number of nitrogens with zero attached hydrogens (tertiary/aromatic N) is 2. The van der Waals surface area contributed by atoms with Gasteiger partial charge in [0.2, 0.25) is 5.95 Å². The van der Waals surface area contributed by atoms with Crippen LogP contribution >= 0.6 is 0 Å². The number of rotatable bonds is 5. The maximum absolute atomic E-state index is 6.05. The molecular formula is C21H28N4O2. The summed E-state index contributed by atoms with van der Waals surface area (Å²) in [5.41, 5.74) is 2.27. The van der Waals surface area contributed by atoms with Crippen LogP contribution in [0.1, 0.15) is 32.0 Å². The molecule has 4 rings (SSSR count). The van der Waals surface area contributed by atoms with Crippen LogP contribution in [-0.4, -0.2) is 47.5 Å². The van der Waals surface area contributed by atoms with Gasteiger partial charge in [-0.25, -0.2) is 9.97 Å². The molecule has 27 heavy (non-hydrogen) atoms. The predicted molar refractivity (Wildman–Crippen MR) is 105 cm³/mol. The van der Waals surface area contributed by atoms with Crippen molar-refractivity contribution in [2.75, 3.05) is 18.5 Å². The molecule has 1 aromatic heterocycles. The van der Waals surface area contributed by atoms with Crippen LogP contribution in [-0.2, 0) is 21.4 Å². The van der Waals surface area contributed by atoms with Gasteiger partial charge in [0.05, 0.1) is 31.0 Å². The first-order valence-corrected chi connectivity index (χ1v) is 9.61. The van der Waals surface area contributed by atoms with E-state index in [-0.39, 0.29) is 29.7 Å². The van der Waals surface area contributed by atoms with Crippen molar-refractivity contribution in [3.05, 3.63) is 53.9 Å². The Morgan fingerprint density at radius 3 is 2.44 bits per heavy atom. The van der Waals surface area contributed by atoms with Gasteiger partial charge in [0.15, 0.2) is 0 Å². The Labute approximate surface area is 160 Å². The SMILES string of the molecule is CC(C)(C)c1ccnc(NC2COC3C(NCc4ccccc4)COC23)n1. The van der Waals surface area contributed by atoms with Crippen LogP contribution in [0.4, 0.5) is 5.95 Å². The van der Waals surface area contributed by atoms with Crippen LogP contribution in [0.25, 0.3) is 0 Å². The third kappa shape index (κ3) is 4.13. The van der Waals surface area contributed by atoms with Gasteiger partial charge in [-0.3, -0.25) is 0 Å². The lowest BCUT2D eigenvalue weighted by Crippen LogP contribution is -2.41. The number of anilines is 1. The molecule has 4 unspecified atom stereocenters. The quantitative estimate of drug-likeness (QED) is 0.845. The highest BCUT2D eigenvalue weighted by molar-refractivity contribution is 5.30. The number of fused-ring (bicyclic) bond motifs is 1. The fourth-order valence-electron chi connectivity index (χ4n) is 3.65. The molecule has 1 aromatic carbocycles. The van der Waals surface area contributed by atoms with Gasteiger partial charge in [-0.15, -0.1) is 0 Å². The van der Waals surface area contributed by atoms with E-state index in [0.29, 0.717) is 19.2 Å². The van der Waals surface area contributed by atoms with Crippen molar-refractivity contribution in [3.63, 3.8) is 0 Å². The topological polar surface area (TPSA) is 68.3 Å². The molecule has 2 aliphatic rings. The first-order chi connectivity index (χ1) is 13.0. The van der Waals surface area contributed by atoms with E-state index in [0.717, 1.165) is 12.2 Å². The maximum atomic E-state index is 6.05. The fourth-order valence-corrected chi connectivity index (χ4v) is 3.65. The first-order valence-electron chi connectivity index (χ1n) is 9.61. The number of hydrogen-bond donors (Lipinski definition) is 2. The average Bonchev–Trinajstić information content (AvgIpc) is 3.24. The van der Waals surface area contributed by atoms with Gasteiger partial charge in [0.25, 0.3) is 0 Å². The average molecular weight is 368 g/mol. The molecule has 6 heteroatoms. The van der Waals surface area contributed by atoms with Crippen LogP contribution in [0.2, 0.25) is 0 Å². The van der Waals surface area contributed by atoms with Gasteiger partial charge in [0, 0.05) is 18.2 Å². The van der Waals surface area contributed by atoms with Crippen molar-refractivity contribution in [3.8, 4) is 0 Å². The van der Waals surface area contributed by atoms with Gasteiger partial charge < -0.3 is 20.1 Å². The van der Waals surface area contributed by atoms with Crippen LogP contribution in [0.3, 0.4) is 0 Å². The molecule has 0 amide bonds. The molecule has 0 bridgehead atoms. The highest BCUT2D eigenvalue weighted by atomic mass is 16.6. The Morgan fingerprint density at radius 1 is 1.00 bits per heavy atom. The van der Waals surface area contributed by atoms with E-state index in [2.05, 4.69) is 65.6 Å². The van der Waals surface area contributed by atoms with E-state index in [9.17, 15) is 0 Å². The highest BCUT2D eigenvalue weighted by Gasteiger charge is 2.47. The first kappa shape index (κ1) is 18.3. The molecule has 0 radical (unpaired) electrons. The summed E-state index contributed by atoms with van der Waals surface area (Å²) >= 11 is 0. The van der Waals surface area contributed by atoms with Gasteiger partial charge >= 0.3 is 0 Å². The predicted octanol–water partition coefficient (Wildman–Crippen LogP) is 2.51. The Balaban J connectivity index is 1.36. The minimum Gasteiger partial charge on any atom is -0.371 e. The number of ether oxygens (including phenoxy) is 2. The van der Waals surface area contributed by atoms with Gasteiger partial charge in [-0.1, -0.05) is 51.1 Å². The molecule has 2 aromatic rings. The summed E-state index contributed by atoms with van der Waals surface area (Å²) in [7, 11) is 0. The van der Waals surface area contributed by atoms with E-state index in [1.165, 1.54) is 5.56 Å². The third-order valence-corrected chi connectivity index (χ3v) is 5.20. The number of aromatic nitrogens is 2. The molecule has 0 aliphatic carbocycles. The molecule has 4 atom stereocenters. The second-order valence-electron chi connectivity index (χ2n) is 8.34. The summed E-state index contributed by atoms with van der Waals surface area (Å²) in [5, 5.41) is 6.99. The number of hydrogen-bond acceptors (Lipinski definition) is 6. The molecule has 2 N–H and O–H groups in total. The van der Waals surface area contributed by atoms with Gasteiger partial charge in [-0.2, -0.15) is 0 Å². The van der Waals surface area contributed by atoms with Gasteiger partial charge in [-0.05, 0) is 11.6 Å². The molecule has 6 nitrogen and oxygen atoms in total. The highest BCUT2D eigenvalue weighted by Crippen LogP contribution is 2.29. The van der Waals surface area contributed by atoms with Crippen molar-refractivity contribution in [1.82, 2.24) is 15.3 Å². The second kappa shape index (κ2) is 7.54. The lowest BCUT2D eigenvalue weighted by molar-refractivity contribution is 0.0675. The second-order valence-corrected chi connectivity index (χ2v) is 8.34. The van der Waals surface area contributed by atoms with Crippen molar-refractivity contribution in [2.45, 2.75) is 57.0 Å². The summed E-state index contributed by atoms with van der Waals surface area (Å²) in [6.45, 7) is 8.52. The van der Waals surface area contributed by atoms with E-state index in [1.807, 2.05) is 18.3 Å². The van der Waals surface area contributed by atoms with Crippen LogP contribution in [0.5, 0.6) is 0 Å². The number of benzene rings is 1. The van der Waals surface area contributed by atoms with E-state index in [1.54, 1.807) is 0 Å². The van der Waals surface area contributed by atoms with Crippen LogP contribution in [0, 0.1) is 0 Å². The normalized spacial score (nSPS) is 27.5. The van der Waals surface area contributed by atoms with Crippen molar-refractivity contribution < 1.29 is 9.47 Å². The van der Waals surface area contributed by atoms with Crippen LogP contribution < -0.4 is 10.6 Å². The van der Waals surface area contributed by atoms with Crippen molar-refractivity contribution in [2.24, 2.45) is 0 Å². The minimum absolute atomic E-state index is 0.00953. The molecule has 144 valence electrons. The monoisotopic (exact) mass is 368 g/mol. The zero-order valence-corrected chi connectivity index (χ0v) is 16.2. The largest absolute Gasteiger partial charge is 0.371 e. The molecular weight excluding hydrogens is 340 g/mol. The van der Waals surface area contributed by atoms with Crippen molar-refractivity contribution >= 4 is 5.95 Å². The molecule has 2 fully saturated rings. The fraction of sp³-hybridized carbons (Fsp3) is 0.524. The smallest absolute Gasteiger partial charge is 0.223 e. The molecule has 0 spiro atoms. The summed E-state index contributed by atoms with van der Waals surface area (Å²) in [4.78, 5) is 9.04. The lowest BCUT2D eigenvalue weighted by atomic mass is 9.92. The number of nitrogens with one attached hydrogen (secondary N) is 2. The summed E-state index contributed by atoms with van der Waals surface area (Å²) in [6.07, 6.45) is 1.88. The zero-order chi connectivity index (χ0) is 18.9. The summed E-state index contributed by atoms with van der Waals surface area (Å²) < 4.78 is 12.1. The zero-order valence-electron chi connectivity index (χ0n) is 16.2. The minimum atomic E-state index is -0.00953. The maximum Gasteiger partial charge on any atom is 0.223 e. The standard InChI is InChI=1S/C21H28N4O2/c1-21(2,3)17-9-10-22-20(25-17)24-16-13-27-18-15(12-26-19(16)18)23-11-14-7-5-4-6-8-14/h4-10,15-16,18-19,23H,11-13H2,1-3H3,(H,22,24,25). The summed E-state index contributed by atoms with van der Waals surface area (Å²) in [6, 6.07) is 12.6. The Kier molecular flexibility index (Phi) is 5.12.